The lowest BCUT2D eigenvalue weighted by Gasteiger charge is -2.41. The predicted octanol–water partition coefficient (Wildman–Crippen LogP) is 6.14. The first-order chi connectivity index (χ1) is 16.2. The Labute approximate surface area is 204 Å². The summed E-state index contributed by atoms with van der Waals surface area (Å²) in [7, 11) is 7.60. The van der Waals surface area contributed by atoms with Crippen molar-refractivity contribution in [1.29, 1.82) is 0 Å². The number of rotatable bonds is 6. The largest absolute Gasteiger partial charge is 0.497 e. The number of piperazine rings is 1. The molecule has 1 aromatic rings. The van der Waals surface area contributed by atoms with Crippen molar-refractivity contribution in [3.05, 3.63) is 54.2 Å². The van der Waals surface area contributed by atoms with Crippen LogP contribution in [0.15, 0.2) is 58.5 Å². The van der Waals surface area contributed by atoms with Crippen molar-refractivity contribution in [3.63, 3.8) is 0 Å². The fourth-order valence-electron chi connectivity index (χ4n) is 4.63. The molecule has 0 N–H and O–H groups in total. The number of nitrogens with zero attached hydrogens (tertiary/aromatic N) is 4. The molecule has 5 rings (SSSR count). The van der Waals surface area contributed by atoms with Crippen LogP contribution < -0.4 is 9.64 Å². The Balaban J connectivity index is 1.42. The van der Waals surface area contributed by atoms with Gasteiger partial charge in [-0.25, -0.2) is 4.99 Å². The van der Waals surface area contributed by atoms with Crippen LogP contribution in [0.3, 0.4) is 0 Å². The first-order valence-corrected chi connectivity index (χ1v) is 13.7. The summed E-state index contributed by atoms with van der Waals surface area (Å²) in [6.07, 6.45) is 5.06. The number of anilines is 1. The number of hydrogen-bond donors (Lipinski definition) is 0. The van der Waals surface area contributed by atoms with Gasteiger partial charge in [0.15, 0.2) is 0 Å². The van der Waals surface area contributed by atoms with Gasteiger partial charge in [0.25, 0.3) is 0 Å². The second-order valence-electron chi connectivity index (χ2n) is 8.61. The number of aromatic nitrogens is 1. The third kappa shape index (κ3) is 4.59. The molecule has 172 valence electrons. The number of methoxy groups -OCH3 is 1. The van der Waals surface area contributed by atoms with Gasteiger partial charge < -0.3 is 9.64 Å². The molecule has 1 unspecified atom stereocenters. The van der Waals surface area contributed by atoms with Crippen LogP contribution in [-0.2, 0) is 6.42 Å². The van der Waals surface area contributed by atoms with Crippen molar-refractivity contribution >= 4 is 38.0 Å². The maximum atomic E-state index is 5.30. The Morgan fingerprint density at radius 2 is 1.94 bits per heavy atom. The molecule has 1 aromatic carbocycles. The molecule has 3 aliphatic heterocycles. The zero-order chi connectivity index (χ0) is 22.8. The van der Waals surface area contributed by atoms with Gasteiger partial charge in [-0.05, 0) is 71.7 Å². The molecule has 0 bridgehead atoms. The first-order valence-electron chi connectivity index (χ1n) is 11.6. The Bertz CT molecular complexity index is 1120. The molecule has 3 heterocycles. The number of benzene rings is 1. The SMILES string of the molecule is CCC1=Nc2c(c3ccccnc-3c2N2CCN(C)C(CCc3ccc(OC)cc3)C2)SS1. The minimum atomic E-state index is 0.485. The molecule has 4 aliphatic rings. The van der Waals surface area contributed by atoms with Crippen LogP contribution in [0.25, 0.3) is 11.3 Å². The van der Waals surface area contributed by atoms with Gasteiger partial charge in [-0.15, -0.1) is 0 Å². The van der Waals surface area contributed by atoms with Crippen molar-refractivity contribution in [1.82, 2.24) is 9.88 Å². The van der Waals surface area contributed by atoms with E-state index in [-0.39, 0.29) is 0 Å². The van der Waals surface area contributed by atoms with Crippen LogP contribution in [0.1, 0.15) is 25.3 Å². The normalized spacial score (nSPS) is 18.8. The van der Waals surface area contributed by atoms with Crippen LogP contribution >= 0.6 is 21.6 Å². The number of ether oxygens (including phenoxy) is 1. The highest BCUT2D eigenvalue weighted by molar-refractivity contribution is 8.82. The summed E-state index contributed by atoms with van der Waals surface area (Å²) in [4.78, 5) is 16.3. The Kier molecular flexibility index (Phi) is 6.81. The highest BCUT2D eigenvalue weighted by Crippen LogP contribution is 2.57. The van der Waals surface area contributed by atoms with E-state index in [1.165, 1.54) is 26.8 Å². The average molecular weight is 479 g/mol. The molecule has 1 fully saturated rings. The average Bonchev–Trinajstić information content (AvgIpc) is 2.98. The van der Waals surface area contributed by atoms with E-state index in [1.54, 1.807) is 17.9 Å². The maximum absolute atomic E-state index is 5.30. The summed E-state index contributed by atoms with van der Waals surface area (Å²) in [6, 6.07) is 15.3. The van der Waals surface area contributed by atoms with Crippen molar-refractivity contribution in [2.75, 3.05) is 38.7 Å². The van der Waals surface area contributed by atoms with E-state index >= 15 is 0 Å². The Morgan fingerprint density at radius 3 is 2.73 bits per heavy atom. The lowest BCUT2D eigenvalue weighted by molar-refractivity contribution is 0.208. The molecule has 1 aliphatic carbocycles. The molecule has 7 heteroatoms. The molecule has 5 nitrogen and oxygen atoms in total. The van der Waals surface area contributed by atoms with Gasteiger partial charge in [-0.2, -0.15) is 0 Å². The number of aryl methyl sites for hydroxylation is 1. The minimum Gasteiger partial charge on any atom is -0.497 e. The van der Waals surface area contributed by atoms with Crippen molar-refractivity contribution in [2.45, 2.75) is 37.1 Å². The molecule has 1 atom stereocenters. The Morgan fingerprint density at radius 1 is 1.09 bits per heavy atom. The quantitative estimate of drug-likeness (QED) is 0.396. The molecule has 0 radical (unpaired) electrons. The summed E-state index contributed by atoms with van der Waals surface area (Å²) >= 11 is 0. The number of likely N-dealkylation sites (N-methyl/N-ethyl adjacent to an activating group) is 1. The number of hydrogen-bond acceptors (Lipinski definition) is 7. The molecule has 0 aromatic heterocycles. The van der Waals surface area contributed by atoms with Gasteiger partial charge in [0.1, 0.15) is 11.4 Å². The molecule has 0 amide bonds. The molecular formula is C26H30N4OS2. The monoisotopic (exact) mass is 478 g/mol. The van der Waals surface area contributed by atoms with Crippen LogP contribution in [0.5, 0.6) is 5.75 Å². The lowest BCUT2D eigenvalue weighted by atomic mass is 10.0. The van der Waals surface area contributed by atoms with Crippen molar-refractivity contribution in [3.8, 4) is 17.0 Å². The minimum absolute atomic E-state index is 0.485. The fourth-order valence-corrected chi connectivity index (χ4v) is 7.04. The fraction of sp³-hybridized carbons (Fsp3) is 0.385. The molecule has 0 saturated carbocycles. The second kappa shape index (κ2) is 9.95. The van der Waals surface area contributed by atoms with Gasteiger partial charge in [-0.3, -0.25) is 9.88 Å². The van der Waals surface area contributed by atoms with Crippen LogP contribution in [-0.4, -0.2) is 54.8 Å². The molecule has 1 saturated heterocycles. The molecule has 0 spiro atoms. The Hall–Kier alpha value is -2.22. The van der Waals surface area contributed by atoms with Crippen molar-refractivity contribution < 1.29 is 4.74 Å². The third-order valence-corrected chi connectivity index (χ3v) is 9.17. The van der Waals surface area contributed by atoms with Gasteiger partial charge in [0, 0.05) is 37.4 Å². The van der Waals surface area contributed by atoms with E-state index in [0.717, 1.165) is 56.0 Å². The second-order valence-corrected chi connectivity index (χ2v) is 10.8. The number of fused-ring (bicyclic) bond motifs is 3. The van der Waals surface area contributed by atoms with Crippen molar-refractivity contribution in [2.24, 2.45) is 4.99 Å². The van der Waals surface area contributed by atoms with Crippen LogP contribution in [0.2, 0.25) is 0 Å². The van der Waals surface area contributed by atoms with E-state index in [0.29, 0.717) is 6.04 Å². The van der Waals surface area contributed by atoms with Gasteiger partial charge in [0.05, 0.1) is 28.4 Å². The van der Waals surface area contributed by atoms with Gasteiger partial charge in [0.2, 0.25) is 0 Å². The number of aliphatic imine (C=N–C) groups is 1. The summed E-state index contributed by atoms with van der Waals surface area (Å²) in [5, 5.41) is 1.19. The van der Waals surface area contributed by atoms with E-state index in [2.05, 4.69) is 60.2 Å². The molecular weight excluding hydrogens is 448 g/mol. The zero-order valence-corrected chi connectivity index (χ0v) is 21.1. The van der Waals surface area contributed by atoms with Gasteiger partial charge >= 0.3 is 0 Å². The van der Waals surface area contributed by atoms with E-state index in [4.69, 9.17) is 14.7 Å². The highest BCUT2D eigenvalue weighted by atomic mass is 33.1. The van der Waals surface area contributed by atoms with Crippen LogP contribution in [0, 0.1) is 0 Å². The lowest BCUT2D eigenvalue weighted by Crippen LogP contribution is -2.51. The first kappa shape index (κ1) is 22.6. The molecule has 33 heavy (non-hydrogen) atoms. The zero-order valence-electron chi connectivity index (χ0n) is 19.5. The highest BCUT2D eigenvalue weighted by Gasteiger charge is 2.34. The summed E-state index contributed by atoms with van der Waals surface area (Å²) in [5.74, 6) is 0.913. The smallest absolute Gasteiger partial charge is 0.118 e. The predicted molar refractivity (Wildman–Crippen MR) is 142 cm³/mol. The summed E-state index contributed by atoms with van der Waals surface area (Å²) in [6.45, 7) is 5.21. The van der Waals surface area contributed by atoms with E-state index in [1.807, 2.05) is 23.1 Å². The van der Waals surface area contributed by atoms with Crippen LogP contribution in [0.4, 0.5) is 11.4 Å². The standard InChI is InChI=1S/C26H30N4OS2/c1-4-22-28-24-25(23-21(26(24)33-32-22)7-5-6-14-27-23)30-16-15-29(2)19(17-30)11-8-18-9-12-20(31-3)13-10-18/h5-7,9-10,12-14,19H,4,8,11,15-17H2,1-3H3. The van der Waals surface area contributed by atoms with Gasteiger partial charge in [-0.1, -0.05) is 31.2 Å². The summed E-state index contributed by atoms with van der Waals surface area (Å²) in [5.41, 5.74) is 6.00. The van der Waals surface area contributed by atoms with E-state index in [9.17, 15) is 0 Å². The maximum Gasteiger partial charge on any atom is 0.118 e. The topological polar surface area (TPSA) is 41.0 Å². The third-order valence-electron chi connectivity index (χ3n) is 6.61. The van der Waals surface area contributed by atoms with E-state index < -0.39 is 0 Å². The summed E-state index contributed by atoms with van der Waals surface area (Å²) < 4.78 is 5.30.